The van der Waals surface area contributed by atoms with Gasteiger partial charge < -0.3 is 20.5 Å². The number of nitrogens with one attached hydrogen (secondary N) is 2. The molecule has 29 heavy (non-hydrogen) atoms. The molecule has 0 saturated carbocycles. The molecular weight excluding hydrogens is 370 g/mol. The highest BCUT2D eigenvalue weighted by Crippen LogP contribution is 2.19. The van der Waals surface area contributed by atoms with E-state index < -0.39 is 24.5 Å². The molecule has 2 amide bonds. The van der Waals surface area contributed by atoms with Crippen LogP contribution in [0.25, 0.3) is 11.1 Å². The van der Waals surface area contributed by atoms with E-state index in [0.29, 0.717) is 31.9 Å². The first-order valence-corrected chi connectivity index (χ1v) is 9.82. The van der Waals surface area contributed by atoms with Crippen molar-refractivity contribution in [1.82, 2.24) is 15.5 Å². The summed E-state index contributed by atoms with van der Waals surface area (Å²) in [4.78, 5) is 27.0. The summed E-state index contributed by atoms with van der Waals surface area (Å²) in [5.41, 5.74) is 2.50. The fraction of sp³-hybridized carbons (Fsp3) is 0.364. The van der Waals surface area contributed by atoms with E-state index in [9.17, 15) is 14.7 Å². The molecule has 1 aliphatic rings. The summed E-state index contributed by atoms with van der Waals surface area (Å²) in [6.07, 6.45) is 0. The number of nitrogens with zero attached hydrogens (tertiary/aromatic N) is 1. The van der Waals surface area contributed by atoms with Crippen LogP contribution in [0, 0.1) is 0 Å². The zero-order valence-corrected chi connectivity index (χ0v) is 16.3. The predicted molar refractivity (Wildman–Crippen MR) is 110 cm³/mol. The first-order chi connectivity index (χ1) is 14.2. The smallest absolute Gasteiger partial charge is 0.251 e. The number of carbonyl (C=O) groups is 2. The Hall–Kier alpha value is -2.74. The van der Waals surface area contributed by atoms with E-state index in [1.54, 1.807) is 12.1 Å². The number of aliphatic hydroxyl groups is 1. The van der Waals surface area contributed by atoms with Crippen molar-refractivity contribution in [2.24, 2.45) is 0 Å². The standard InChI is InChI=1S/C22H27N3O4/c26-16-20(22(28)23-10-11-25-12-14-29-15-13-25)24-21(27)19-8-6-18(7-9-19)17-4-2-1-3-5-17/h1-9,20,26H,10-16H2,(H,23,28)(H,24,27). The lowest BCUT2D eigenvalue weighted by molar-refractivity contribution is -0.123. The molecule has 1 fully saturated rings. The second-order valence-electron chi connectivity index (χ2n) is 6.90. The molecule has 0 aromatic heterocycles. The van der Waals surface area contributed by atoms with Crippen LogP contribution in [0.2, 0.25) is 0 Å². The number of rotatable bonds is 8. The van der Waals surface area contributed by atoms with Gasteiger partial charge in [-0.15, -0.1) is 0 Å². The van der Waals surface area contributed by atoms with E-state index in [4.69, 9.17) is 4.74 Å². The second-order valence-corrected chi connectivity index (χ2v) is 6.90. The fourth-order valence-electron chi connectivity index (χ4n) is 3.17. The molecule has 1 atom stereocenters. The average molecular weight is 397 g/mol. The lowest BCUT2D eigenvalue weighted by Crippen LogP contribution is -2.50. The van der Waals surface area contributed by atoms with Crippen molar-refractivity contribution in [2.75, 3.05) is 46.0 Å². The third-order valence-electron chi connectivity index (χ3n) is 4.89. The largest absolute Gasteiger partial charge is 0.394 e. The third-order valence-corrected chi connectivity index (χ3v) is 4.89. The van der Waals surface area contributed by atoms with Gasteiger partial charge in [-0.05, 0) is 23.3 Å². The van der Waals surface area contributed by atoms with Gasteiger partial charge in [0.25, 0.3) is 5.91 Å². The zero-order valence-electron chi connectivity index (χ0n) is 16.3. The van der Waals surface area contributed by atoms with Crippen LogP contribution in [0.4, 0.5) is 0 Å². The highest BCUT2D eigenvalue weighted by Gasteiger charge is 2.21. The Morgan fingerprint density at radius 1 is 1.00 bits per heavy atom. The maximum absolute atomic E-state index is 12.5. The molecule has 154 valence electrons. The van der Waals surface area contributed by atoms with E-state index in [1.807, 2.05) is 42.5 Å². The minimum Gasteiger partial charge on any atom is -0.394 e. The molecule has 0 aliphatic carbocycles. The number of hydrogen-bond donors (Lipinski definition) is 3. The fourth-order valence-corrected chi connectivity index (χ4v) is 3.17. The second kappa shape index (κ2) is 10.7. The summed E-state index contributed by atoms with van der Waals surface area (Å²) < 4.78 is 5.29. The lowest BCUT2D eigenvalue weighted by Gasteiger charge is -2.26. The van der Waals surface area contributed by atoms with E-state index in [1.165, 1.54) is 0 Å². The van der Waals surface area contributed by atoms with Crippen molar-refractivity contribution >= 4 is 11.8 Å². The highest BCUT2D eigenvalue weighted by molar-refractivity contribution is 5.97. The molecule has 2 aromatic carbocycles. The van der Waals surface area contributed by atoms with Crippen LogP contribution in [0.3, 0.4) is 0 Å². The number of benzene rings is 2. The molecule has 2 aromatic rings. The van der Waals surface area contributed by atoms with Crippen molar-refractivity contribution in [3.05, 3.63) is 60.2 Å². The minimum atomic E-state index is -0.985. The van der Waals surface area contributed by atoms with Gasteiger partial charge in [-0.25, -0.2) is 0 Å². The van der Waals surface area contributed by atoms with Crippen LogP contribution < -0.4 is 10.6 Å². The molecule has 0 spiro atoms. The van der Waals surface area contributed by atoms with Crippen molar-refractivity contribution in [2.45, 2.75) is 6.04 Å². The lowest BCUT2D eigenvalue weighted by atomic mass is 10.0. The van der Waals surface area contributed by atoms with Gasteiger partial charge in [-0.2, -0.15) is 0 Å². The van der Waals surface area contributed by atoms with Crippen molar-refractivity contribution in [3.8, 4) is 11.1 Å². The maximum atomic E-state index is 12.5. The van der Waals surface area contributed by atoms with Crippen molar-refractivity contribution in [3.63, 3.8) is 0 Å². The molecular formula is C22H27N3O4. The summed E-state index contributed by atoms with van der Waals surface area (Å²) in [5.74, 6) is -0.790. The molecule has 3 rings (SSSR count). The SMILES string of the molecule is O=C(NC(CO)C(=O)NCCN1CCOCC1)c1ccc(-c2ccccc2)cc1. The Kier molecular flexibility index (Phi) is 7.75. The van der Waals surface area contributed by atoms with Crippen LogP contribution in [0.15, 0.2) is 54.6 Å². The Bertz CT molecular complexity index is 789. The first kappa shape index (κ1) is 21.0. The molecule has 7 heteroatoms. The van der Waals surface area contributed by atoms with E-state index in [-0.39, 0.29) is 0 Å². The van der Waals surface area contributed by atoms with E-state index >= 15 is 0 Å². The van der Waals surface area contributed by atoms with Crippen LogP contribution in [-0.2, 0) is 9.53 Å². The molecule has 1 unspecified atom stereocenters. The predicted octanol–water partition coefficient (Wildman–Crippen LogP) is 0.893. The molecule has 1 saturated heterocycles. The van der Waals surface area contributed by atoms with Gasteiger partial charge in [0.15, 0.2) is 0 Å². The zero-order chi connectivity index (χ0) is 20.5. The summed E-state index contributed by atoms with van der Waals surface area (Å²) in [6, 6.07) is 16.0. The molecule has 3 N–H and O–H groups in total. The highest BCUT2D eigenvalue weighted by atomic mass is 16.5. The Balaban J connectivity index is 1.50. The van der Waals surface area contributed by atoms with Gasteiger partial charge in [0.1, 0.15) is 6.04 Å². The van der Waals surface area contributed by atoms with E-state index in [2.05, 4.69) is 15.5 Å². The summed E-state index contributed by atoms with van der Waals surface area (Å²) in [5, 5.41) is 14.9. The van der Waals surface area contributed by atoms with Crippen LogP contribution in [-0.4, -0.2) is 73.9 Å². The number of morpholine rings is 1. The number of aliphatic hydroxyl groups excluding tert-OH is 1. The first-order valence-electron chi connectivity index (χ1n) is 9.82. The van der Waals surface area contributed by atoms with Gasteiger partial charge >= 0.3 is 0 Å². The summed E-state index contributed by atoms with van der Waals surface area (Å²) in [7, 11) is 0. The number of ether oxygens (including phenoxy) is 1. The third kappa shape index (κ3) is 6.12. The molecule has 1 aliphatic heterocycles. The van der Waals surface area contributed by atoms with Gasteiger partial charge in [-0.3, -0.25) is 14.5 Å². The topological polar surface area (TPSA) is 90.9 Å². The Labute approximate surface area is 170 Å². The van der Waals surface area contributed by atoms with E-state index in [0.717, 1.165) is 24.2 Å². The van der Waals surface area contributed by atoms with Gasteiger partial charge in [0.2, 0.25) is 5.91 Å². The number of hydrogen-bond acceptors (Lipinski definition) is 5. The van der Waals surface area contributed by atoms with Crippen LogP contribution in [0.5, 0.6) is 0 Å². The van der Waals surface area contributed by atoms with Crippen molar-refractivity contribution in [1.29, 1.82) is 0 Å². The van der Waals surface area contributed by atoms with Gasteiger partial charge in [0, 0.05) is 31.7 Å². The quantitative estimate of drug-likeness (QED) is 0.616. The van der Waals surface area contributed by atoms with Crippen molar-refractivity contribution < 1.29 is 19.4 Å². The number of amides is 2. The Morgan fingerprint density at radius 3 is 2.31 bits per heavy atom. The number of carbonyl (C=O) groups excluding carboxylic acids is 2. The molecule has 0 radical (unpaired) electrons. The molecule has 0 bridgehead atoms. The van der Waals surface area contributed by atoms with Gasteiger partial charge in [-0.1, -0.05) is 42.5 Å². The van der Waals surface area contributed by atoms with Crippen LogP contribution in [0.1, 0.15) is 10.4 Å². The molecule has 1 heterocycles. The van der Waals surface area contributed by atoms with Crippen LogP contribution >= 0.6 is 0 Å². The minimum absolute atomic E-state index is 0.394. The van der Waals surface area contributed by atoms with Gasteiger partial charge in [0.05, 0.1) is 19.8 Å². The monoisotopic (exact) mass is 397 g/mol. The summed E-state index contributed by atoms with van der Waals surface area (Å²) >= 11 is 0. The maximum Gasteiger partial charge on any atom is 0.251 e. The normalized spacial score (nSPS) is 15.5. The molecule has 7 nitrogen and oxygen atoms in total. The Morgan fingerprint density at radius 2 is 1.66 bits per heavy atom. The average Bonchev–Trinajstić information content (AvgIpc) is 2.78. The summed E-state index contributed by atoms with van der Waals surface area (Å²) in [6.45, 7) is 3.79.